The van der Waals surface area contributed by atoms with Crippen LogP contribution in [-0.4, -0.2) is 36.4 Å². The van der Waals surface area contributed by atoms with Crippen LogP contribution in [0.25, 0.3) is 0 Å². The molecule has 35 heavy (non-hydrogen) atoms. The Morgan fingerprint density at radius 2 is 1.89 bits per heavy atom. The molecule has 186 valence electrons. The van der Waals surface area contributed by atoms with Gasteiger partial charge in [0.1, 0.15) is 17.5 Å². The molecule has 0 bridgehead atoms. The lowest BCUT2D eigenvalue weighted by Gasteiger charge is -2.42. The Hall–Kier alpha value is -2.56. The lowest BCUT2D eigenvalue weighted by Crippen LogP contribution is -2.48. The molecule has 1 aliphatic heterocycles. The van der Waals surface area contributed by atoms with Crippen LogP contribution in [0.5, 0.6) is 5.75 Å². The summed E-state index contributed by atoms with van der Waals surface area (Å²) in [6, 6.07) is 7.61. The van der Waals surface area contributed by atoms with Crippen LogP contribution < -0.4 is 4.74 Å². The highest BCUT2D eigenvalue weighted by Gasteiger charge is 2.61. The van der Waals surface area contributed by atoms with Gasteiger partial charge >= 0.3 is 6.18 Å². The van der Waals surface area contributed by atoms with Crippen molar-refractivity contribution in [3.63, 3.8) is 0 Å². The number of ether oxygens (including phenoxy) is 2. The molecule has 1 heterocycles. The number of carbonyl (C=O) groups is 1. The van der Waals surface area contributed by atoms with Crippen LogP contribution >= 0.6 is 0 Å². The molecular formula is C28H29F3O4. The Morgan fingerprint density at radius 1 is 1.14 bits per heavy atom. The third-order valence-electron chi connectivity index (χ3n) is 8.54. The fourth-order valence-corrected chi connectivity index (χ4v) is 6.70. The molecular weight excluding hydrogens is 457 g/mol. The molecule has 0 amide bonds. The average molecular weight is 487 g/mol. The molecule has 1 saturated heterocycles. The number of carbonyl (C=O) groups excluding carboxylic acids is 1. The summed E-state index contributed by atoms with van der Waals surface area (Å²) in [6.45, 7) is 1.91. The van der Waals surface area contributed by atoms with E-state index in [9.17, 15) is 23.1 Å². The number of hydrogen-bond donors (Lipinski definition) is 1. The van der Waals surface area contributed by atoms with Gasteiger partial charge in [0.25, 0.3) is 0 Å². The molecule has 0 aromatic heterocycles. The van der Waals surface area contributed by atoms with Crippen LogP contribution in [0.1, 0.15) is 57.1 Å². The van der Waals surface area contributed by atoms with Gasteiger partial charge in [0.2, 0.25) is 0 Å². The number of alkyl halides is 3. The molecule has 5 atom stereocenters. The lowest BCUT2D eigenvalue weighted by atomic mass is 9.61. The molecule has 5 unspecified atom stereocenters. The molecule has 5 rings (SSSR count). The van der Waals surface area contributed by atoms with Crippen molar-refractivity contribution in [2.45, 2.75) is 63.3 Å². The zero-order valence-corrected chi connectivity index (χ0v) is 19.9. The van der Waals surface area contributed by atoms with E-state index in [0.29, 0.717) is 25.0 Å². The number of aliphatic hydroxyl groups is 1. The van der Waals surface area contributed by atoms with Gasteiger partial charge in [0.15, 0.2) is 5.78 Å². The van der Waals surface area contributed by atoms with E-state index in [2.05, 4.69) is 5.92 Å². The molecule has 1 N–H and O–H groups in total. The van der Waals surface area contributed by atoms with E-state index in [1.807, 2.05) is 31.2 Å². The van der Waals surface area contributed by atoms with Crippen LogP contribution in [0.3, 0.4) is 0 Å². The smallest absolute Gasteiger partial charge is 0.457 e. The molecule has 2 fully saturated rings. The number of rotatable bonds is 2. The van der Waals surface area contributed by atoms with Crippen molar-refractivity contribution < 1.29 is 32.5 Å². The summed E-state index contributed by atoms with van der Waals surface area (Å²) in [5, 5.41) is 11.5. The molecule has 1 saturated carbocycles. The lowest BCUT2D eigenvalue weighted by molar-refractivity contribution is -0.114. The second kappa shape index (κ2) is 8.53. The van der Waals surface area contributed by atoms with Crippen molar-refractivity contribution in [1.29, 1.82) is 0 Å². The summed E-state index contributed by atoms with van der Waals surface area (Å²) in [6.07, 6.45) is -0.0290. The largest absolute Gasteiger partial charge is 0.497 e. The zero-order chi connectivity index (χ0) is 25.0. The standard InChI is InChI=1S/C28H29F3O4/c1-26-16-35-25(17-3-7-20(34-2)8-4-17)24-21-10-6-19(32)15-18(21)5-9-22(24)23(26)11-12-27(26,33)13-14-28(29,30)31/h3-4,7-8,15,22-23,25,33H,5-6,9-12,16H2,1-2H3. The number of methoxy groups -OCH3 is 1. The Bertz CT molecular complexity index is 1150. The van der Waals surface area contributed by atoms with Gasteiger partial charge in [0.05, 0.1) is 13.7 Å². The zero-order valence-electron chi connectivity index (χ0n) is 19.9. The van der Waals surface area contributed by atoms with E-state index < -0.39 is 23.3 Å². The topological polar surface area (TPSA) is 55.8 Å². The second-order valence-electron chi connectivity index (χ2n) is 10.3. The van der Waals surface area contributed by atoms with E-state index >= 15 is 0 Å². The van der Waals surface area contributed by atoms with Gasteiger partial charge in [-0.25, -0.2) is 0 Å². The number of benzene rings is 1. The van der Waals surface area contributed by atoms with Crippen molar-refractivity contribution in [1.82, 2.24) is 0 Å². The molecule has 0 spiro atoms. The van der Waals surface area contributed by atoms with Gasteiger partial charge in [-0.1, -0.05) is 25.0 Å². The van der Waals surface area contributed by atoms with Crippen molar-refractivity contribution in [2.75, 3.05) is 13.7 Å². The monoisotopic (exact) mass is 486 g/mol. The maximum Gasteiger partial charge on any atom is 0.457 e. The predicted octanol–water partition coefficient (Wildman–Crippen LogP) is 5.48. The molecule has 4 nitrogen and oxygen atoms in total. The number of allylic oxidation sites excluding steroid dienone is 3. The number of hydrogen-bond acceptors (Lipinski definition) is 4. The number of ketones is 1. The first-order valence-electron chi connectivity index (χ1n) is 12.1. The predicted molar refractivity (Wildman–Crippen MR) is 123 cm³/mol. The van der Waals surface area contributed by atoms with Crippen LogP contribution in [0.15, 0.2) is 47.1 Å². The molecule has 0 radical (unpaired) electrons. The van der Waals surface area contributed by atoms with E-state index in [0.717, 1.165) is 35.1 Å². The summed E-state index contributed by atoms with van der Waals surface area (Å²) in [5.74, 6) is 4.32. The summed E-state index contributed by atoms with van der Waals surface area (Å²) in [5.41, 5.74) is 1.46. The SMILES string of the molecule is COc1ccc(C2OCC3(C)C(CCC3(O)C#CC(F)(F)F)C3CCC4=CC(=O)CCC4=C23)cc1. The van der Waals surface area contributed by atoms with Gasteiger partial charge in [0, 0.05) is 17.8 Å². The van der Waals surface area contributed by atoms with Gasteiger partial charge in [-0.3, -0.25) is 4.79 Å². The highest BCUT2D eigenvalue weighted by molar-refractivity contribution is 5.93. The fraction of sp³-hybridized carbons (Fsp3) is 0.536. The quantitative estimate of drug-likeness (QED) is 0.563. The summed E-state index contributed by atoms with van der Waals surface area (Å²) in [4.78, 5) is 12.2. The second-order valence-corrected chi connectivity index (χ2v) is 10.3. The van der Waals surface area contributed by atoms with E-state index in [1.165, 1.54) is 5.92 Å². The average Bonchev–Trinajstić information content (AvgIpc) is 2.99. The van der Waals surface area contributed by atoms with Crippen molar-refractivity contribution in [3.05, 3.63) is 52.6 Å². The van der Waals surface area contributed by atoms with Crippen LogP contribution in [0.4, 0.5) is 13.2 Å². The third-order valence-corrected chi connectivity index (χ3v) is 8.54. The van der Waals surface area contributed by atoms with E-state index in [-0.39, 0.29) is 30.6 Å². The van der Waals surface area contributed by atoms with E-state index in [4.69, 9.17) is 9.47 Å². The maximum atomic E-state index is 13.0. The van der Waals surface area contributed by atoms with Crippen molar-refractivity contribution >= 4 is 5.78 Å². The highest BCUT2D eigenvalue weighted by Crippen LogP contribution is 2.61. The Labute approximate surface area is 203 Å². The Kier molecular flexibility index (Phi) is 5.89. The van der Waals surface area contributed by atoms with Gasteiger partial charge < -0.3 is 14.6 Å². The number of fused-ring (bicyclic) bond motifs is 4. The fourth-order valence-electron chi connectivity index (χ4n) is 6.70. The molecule has 7 heteroatoms. The normalized spacial score (nSPS) is 34.6. The third kappa shape index (κ3) is 4.11. The Morgan fingerprint density at radius 3 is 2.57 bits per heavy atom. The van der Waals surface area contributed by atoms with Crippen LogP contribution in [-0.2, 0) is 9.53 Å². The molecule has 1 aromatic carbocycles. The minimum absolute atomic E-state index is 0.0247. The minimum atomic E-state index is -4.67. The summed E-state index contributed by atoms with van der Waals surface area (Å²) in [7, 11) is 1.60. The highest BCUT2D eigenvalue weighted by atomic mass is 19.4. The van der Waals surface area contributed by atoms with E-state index in [1.54, 1.807) is 13.2 Å². The first-order valence-corrected chi connectivity index (χ1v) is 12.1. The maximum absolute atomic E-state index is 13.0. The molecule has 3 aliphatic carbocycles. The molecule has 1 aromatic rings. The summed E-state index contributed by atoms with van der Waals surface area (Å²) < 4.78 is 50.8. The van der Waals surface area contributed by atoms with Crippen molar-refractivity contribution in [3.8, 4) is 17.6 Å². The van der Waals surface area contributed by atoms with Gasteiger partial charge in [-0.15, -0.1) is 0 Å². The first kappa shape index (κ1) is 24.1. The number of halogens is 3. The molecule has 4 aliphatic rings. The minimum Gasteiger partial charge on any atom is -0.497 e. The van der Waals surface area contributed by atoms with Crippen LogP contribution in [0, 0.1) is 29.1 Å². The van der Waals surface area contributed by atoms with Crippen molar-refractivity contribution in [2.24, 2.45) is 17.3 Å². The van der Waals surface area contributed by atoms with Gasteiger partial charge in [-0.2, -0.15) is 13.2 Å². The van der Waals surface area contributed by atoms with Crippen LogP contribution in [0.2, 0.25) is 0 Å². The summed E-state index contributed by atoms with van der Waals surface area (Å²) >= 11 is 0. The van der Waals surface area contributed by atoms with Gasteiger partial charge in [-0.05, 0) is 84.4 Å². The first-order chi connectivity index (χ1) is 16.5. The Balaban J connectivity index is 1.64.